The molecule has 76 valence electrons. The number of pyridine rings is 1. The highest BCUT2D eigenvalue weighted by molar-refractivity contribution is 5.98. The van der Waals surface area contributed by atoms with Gasteiger partial charge < -0.3 is 10.6 Å². The Morgan fingerprint density at radius 2 is 2.40 bits per heavy atom. The van der Waals surface area contributed by atoms with Crippen molar-refractivity contribution in [2.45, 2.75) is 0 Å². The molecule has 0 atom stereocenters. The van der Waals surface area contributed by atoms with Gasteiger partial charge in [0.15, 0.2) is 5.82 Å². The first-order chi connectivity index (χ1) is 7.27. The summed E-state index contributed by atoms with van der Waals surface area (Å²) in [4.78, 5) is 19.2. The van der Waals surface area contributed by atoms with Crippen molar-refractivity contribution in [2.75, 3.05) is 22.9 Å². The number of primary amides is 1. The molecule has 15 heavy (non-hydrogen) atoms. The third kappa shape index (κ3) is 1.03. The maximum absolute atomic E-state index is 11.4. The summed E-state index contributed by atoms with van der Waals surface area (Å²) in [5.74, 6) is 0.639. The number of hydrogen-bond donors (Lipinski definition) is 1. The summed E-state index contributed by atoms with van der Waals surface area (Å²) >= 11 is 0. The molecule has 0 fully saturated rings. The lowest BCUT2D eigenvalue weighted by Crippen LogP contribution is -2.41. The zero-order valence-corrected chi connectivity index (χ0v) is 8.05. The fourth-order valence-corrected chi connectivity index (χ4v) is 2.08. The number of amides is 2. The highest BCUT2D eigenvalue weighted by Crippen LogP contribution is 2.37. The summed E-state index contributed by atoms with van der Waals surface area (Å²) in [5.41, 5.74) is 7.25. The van der Waals surface area contributed by atoms with Crippen molar-refractivity contribution >= 4 is 17.5 Å². The van der Waals surface area contributed by atoms with Crippen molar-refractivity contribution in [3.8, 4) is 0 Å². The lowest BCUT2D eigenvalue weighted by molar-refractivity contribution is 0.255. The molecule has 3 heterocycles. The summed E-state index contributed by atoms with van der Waals surface area (Å²) < 4.78 is 0. The van der Waals surface area contributed by atoms with Crippen LogP contribution in [-0.4, -0.2) is 24.1 Å². The second-order valence-electron chi connectivity index (χ2n) is 3.60. The first-order valence-electron chi connectivity index (χ1n) is 4.76. The van der Waals surface area contributed by atoms with Gasteiger partial charge in [0.25, 0.3) is 0 Å². The molecule has 0 aliphatic carbocycles. The van der Waals surface area contributed by atoms with E-state index in [1.807, 2.05) is 18.2 Å². The minimum atomic E-state index is -0.470. The Hall–Kier alpha value is -2.04. The quantitative estimate of drug-likeness (QED) is 0.673. The maximum Gasteiger partial charge on any atom is 0.324 e. The summed E-state index contributed by atoms with van der Waals surface area (Å²) in [5, 5.41) is 0. The van der Waals surface area contributed by atoms with Gasteiger partial charge in [0, 0.05) is 18.4 Å². The van der Waals surface area contributed by atoms with Crippen molar-refractivity contribution in [3.05, 3.63) is 30.1 Å². The lowest BCUT2D eigenvalue weighted by atomic mass is 10.2. The molecule has 1 aromatic rings. The molecule has 5 nitrogen and oxygen atoms in total. The molecule has 0 spiro atoms. The Balaban J connectivity index is 2.21. The molecule has 0 saturated carbocycles. The number of nitrogens with zero attached hydrogens (tertiary/aromatic N) is 3. The predicted octanol–water partition coefficient (Wildman–Crippen LogP) is 0.684. The van der Waals surface area contributed by atoms with Crippen molar-refractivity contribution in [2.24, 2.45) is 5.73 Å². The fourth-order valence-electron chi connectivity index (χ4n) is 2.08. The van der Waals surface area contributed by atoms with Gasteiger partial charge in [-0.05, 0) is 18.2 Å². The normalized spacial score (nSPS) is 17.5. The Morgan fingerprint density at radius 3 is 3.20 bits per heavy atom. The number of urea groups is 1. The average Bonchev–Trinajstić information content (AvgIpc) is 2.63. The van der Waals surface area contributed by atoms with Crippen LogP contribution in [0.1, 0.15) is 0 Å². The molecule has 3 rings (SSSR count). The number of anilines is 2. The largest absolute Gasteiger partial charge is 0.359 e. The van der Waals surface area contributed by atoms with E-state index < -0.39 is 6.03 Å². The summed E-state index contributed by atoms with van der Waals surface area (Å²) in [6.45, 7) is 1.56. The van der Waals surface area contributed by atoms with Crippen molar-refractivity contribution in [3.63, 3.8) is 0 Å². The second-order valence-corrected chi connectivity index (χ2v) is 3.60. The van der Waals surface area contributed by atoms with Gasteiger partial charge in [0.2, 0.25) is 0 Å². The molecule has 0 radical (unpaired) electrons. The number of hydrogen-bond acceptors (Lipinski definition) is 3. The Labute approximate surface area is 86.8 Å². The van der Waals surface area contributed by atoms with E-state index in [0.717, 1.165) is 24.5 Å². The number of carbonyl (C=O) groups is 1. The highest BCUT2D eigenvalue weighted by Gasteiger charge is 2.33. The summed E-state index contributed by atoms with van der Waals surface area (Å²) in [6.07, 6.45) is 3.67. The fraction of sp³-hybridized carbons (Fsp3) is 0.200. The van der Waals surface area contributed by atoms with E-state index in [0.29, 0.717) is 5.82 Å². The Bertz CT molecular complexity index is 468. The molecule has 5 heteroatoms. The summed E-state index contributed by atoms with van der Waals surface area (Å²) in [7, 11) is 0. The van der Waals surface area contributed by atoms with Crippen LogP contribution in [0.4, 0.5) is 16.3 Å². The molecule has 0 saturated heterocycles. The molecule has 2 amide bonds. The summed E-state index contributed by atoms with van der Waals surface area (Å²) in [6, 6.07) is 3.35. The van der Waals surface area contributed by atoms with Crippen LogP contribution in [0.2, 0.25) is 0 Å². The number of carbonyl (C=O) groups excluding carboxylic acids is 1. The van der Waals surface area contributed by atoms with Gasteiger partial charge in [-0.15, -0.1) is 0 Å². The third-order valence-corrected chi connectivity index (χ3v) is 2.73. The maximum atomic E-state index is 11.4. The molecular weight excluding hydrogens is 192 g/mol. The minimum Gasteiger partial charge on any atom is -0.359 e. The molecule has 1 aromatic heterocycles. The van der Waals surface area contributed by atoms with Crippen LogP contribution in [0.15, 0.2) is 30.1 Å². The van der Waals surface area contributed by atoms with Crippen LogP contribution < -0.4 is 15.5 Å². The Morgan fingerprint density at radius 1 is 1.53 bits per heavy atom. The molecule has 2 bridgehead atoms. The third-order valence-electron chi connectivity index (χ3n) is 2.73. The molecule has 2 aliphatic rings. The zero-order valence-electron chi connectivity index (χ0n) is 8.05. The van der Waals surface area contributed by atoms with Crippen LogP contribution in [0.5, 0.6) is 0 Å². The monoisotopic (exact) mass is 202 g/mol. The first-order valence-corrected chi connectivity index (χ1v) is 4.76. The van der Waals surface area contributed by atoms with E-state index in [1.54, 1.807) is 6.20 Å². The SMILES string of the molecule is NC(=O)N1C2=CCN(C2)c2cccnc21. The molecule has 2 N–H and O–H groups in total. The van der Waals surface area contributed by atoms with Crippen LogP contribution in [0.3, 0.4) is 0 Å². The van der Waals surface area contributed by atoms with Gasteiger partial charge in [-0.25, -0.2) is 14.7 Å². The van der Waals surface area contributed by atoms with Crippen molar-refractivity contribution in [1.82, 2.24) is 4.98 Å². The standard InChI is InChI=1S/C10H10N4O/c11-10(15)14-7-3-5-13(6-7)8-2-1-4-12-9(8)14/h1-4H,5-6H2,(H2,11,15). The second kappa shape index (κ2) is 2.73. The molecule has 0 unspecified atom stereocenters. The van der Waals surface area contributed by atoms with Gasteiger partial charge in [0.1, 0.15) is 0 Å². The molecular formula is C10H10N4O. The predicted molar refractivity (Wildman–Crippen MR) is 56.6 cm³/mol. The van der Waals surface area contributed by atoms with E-state index in [2.05, 4.69) is 9.88 Å². The van der Waals surface area contributed by atoms with E-state index in [-0.39, 0.29) is 0 Å². The zero-order chi connectivity index (χ0) is 10.4. The number of fused-ring (bicyclic) bond motifs is 4. The topological polar surface area (TPSA) is 62.5 Å². The van der Waals surface area contributed by atoms with Gasteiger partial charge in [-0.2, -0.15) is 0 Å². The minimum absolute atomic E-state index is 0.470. The van der Waals surface area contributed by atoms with Crippen molar-refractivity contribution < 1.29 is 4.79 Å². The molecule has 2 aliphatic heterocycles. The van der Waals surface area contributed by atoms with Crippen LogP contribution >= 0.6 is 0 Å². The number of aromatic nitrogens is 1. The van der Waals surface area contributed by atoms with E-state index in [9.17, 15) is 4.79 Å². The van der Waals surface area contributed by atoms with E-state index in [1.165, 1.54) is 4.90 Å². The van der Waals surface area contributed by atoms with Gasteiger partial charge in [-0.3, -0.25) is 0 Å². The first kappa shape index (κ1) is 8.28. The lowest BCUT2D eigenvalue weighted by Gasteiger charge is -2.32. The van der Waals surface area contributed by atoms with Crippen LogP contribution in [-0.2, 0) is 0 Å². The Kier molecular flexibility index (Phi) is 1.50. The molecule has 0 aromatic carbocycles. The van der Waals surface area contributed by atoms with E-state index in [4.69, 9.17) is 5.73 Å². The smallest absolute Gasteiger partial charge is 0.324 e. The van der Waals surface area contributed by atoms with Gasteiger partial charge in [-0.1, -0.05) is 0 Å². The average molecular weight is 202 g/mol. The number of nitrogens with two attached hydrogens (primary N) is 1. The highest BCUT2D eigenvalue weighted by atomic mass is 16.2. The van der Waals surface area contributed by atoms with Crippen LogP contribution in [0.25, 0.3) is 0 Å². The van der Waals surface area contributed by atoms with Gasteiger partial charge >= 0.3 is 6.03 Å². The number of rotatable bonds is 0. The van der Waals surface area contributed by atoms with E-state index >= 15 is 0 Å². The van der Waals surface area contributed by atoms with Gasteiger partial charge in [0.05, 0.1) is 12.2 Å². The van der Waals surface area contributed by atoms with Crippen LogP contribution in [0, 0.1) is 0 Å². The van der Waals surface area contributed by atoms with Crippen molar-refractivity contribution in [1.29, 1.82) is 0 Å².